The highest BCUT2D eigenvalue weighted by atomic mass is 16.2. The molecule has 1 aliphatic carbocycles. The van der Waals surface area contributed by atoms with Crippen LogP contribution in [0.25, 0.3) is 0 Å². The fourth-order valence-electron chi connectivity index (χ4n) is 3.98. The van der Waals surface area contributed by atoms with E-state index in [-0.39, 0.29) is 24.3 Å². The number of likely N-dealkylation sites (N-methyl/N-ethyl adjacent to an activating group) is 1. The monoisotopic (exact) mass is 375 g/mol. The Labute approximate surface area is 165 Å². The molecule has 0 radical (unpaired) electrons. The van der Waals surface area contributed by atoms with Crippen molar-refractivity contribution in [3.05, 3.63) is 53.6 Å². The van der Waals surface area contributed by atoms with Crippen LogP contribution < -0.4 is 9.80 Å². The second-order valence-electron chi connectivity index (χ2n) is 7.69. The number of hydrogen-bond acceptors (Lipinski definition) is 3. The third kappa shape index (κ3) is 3.21. The summed E-state index contributed by atoms with van der Waals surface area (Å²) in [5.41, 5.74) is 5.54. The average Bonchev–Trinajstić information content (AvgIpc) is 3.13. The van der Waals surface area contributed by atoms with Crippen LogP contribution in [0.2, 0.25) is 0 Å². The molecule has 0 saturated heterocycles. The molecule has 2 aromatic carbocycles. The summed E-state index contributed by atoms with van der Waals surface area (Å²) < 4.78 is 0. The number of fused-ring (bicyclic) bond motifs is 2. The van der Waals surface area contributed by atoms with Crippen molar-refractivity contribution in [2.75, 3.05) is 23.4 Å². The Kier molecular flexibility index (Phi) is 4.75. The lowest BCUT2D eigenvalue weighted by atomic mass is 10.0. The smallest absolute Gasteiger partial charge is 0.246 e. The quantitative estimate of drug-likeness (QED) is 0.808. The molecule has 0 spiro atoms. The molecule has 0 N–H and O–H groups in total. The number of nitrogens with zero attached hydrogens (tertiary/aromatic N) is 3. The molecule has 1 aliphatic heterocycles. The zero-order chi connectivity index (χ0) is 19.8. The van der Waals surface area contributed by atoms with Gasteiger partial charge in [-0.2, -0.15) is 0 Å². The van der Waals surface area contributed by atoms with Crippen molar-refractivity contribution in [2.24, 2.45) is 10.9 Å². The van der Waals surface area contributed by atoms with Crippen molar-refractivity contribution in [1.29, 1.82) is 0 Å². The van der Waals surface area contributed by atoms with Gasteiger partial charge >= 0.3 is 0 Å². The van der Waals surface area contributed by atoms with Gasteiger partial charge in [0.1, 0.15) is 6.54 Å². The first-order valence-corrected chi connectivity index (χ1v) is 9.77. The molecular formula is C23H25N3O2. The van der Waals surface area contributed by atoms with Crippen LogP contribution in [-0.2, 0) is 9.59 Å². The van der Waals surface area contributed by atoms with Gasteiger partial charge in [0, 0.05) is 18.4 Å². The maximum absolute atomic E-state index is 13.4. The number of aliphatic imine (C=N–C) groups is 1. The Hall–Kier alpha value is -2.95. The second-order valence-corrected chi connectivity index (χ2v) is 7.69. The van der Waals surface area contributed by atoms with Gasteiger partial charge in [-0.25, -0.2) is 0 Å². The van der Waals surface area contributed by atoms with Gasteiger partial charge in [-0.1, -0.05) is 18.2 Å². The minimum absolute atomic E-state index is 0.00642. The topological polar surface area (TPSA) is 53.0 Å². The Morgan fingerprint density at radius 2 is 1.89 bits per heavy atom. The number of benzene rings is 2. The van der Waals surface area contributed by atoms with E-state index in [9.17, 15) is 9.59 Å². The molecule has 1 saturated carbocycles. The third-order valence-corrected chi connectivity index (χ3v) is 5.85. The number of anilines is 2. The minimum atomic E-state index is -0.206. The molecule has 1 heterocycles. The molecule has 4 rings (SSSR count). The number of para-hydroxylation sites is 1. The summed E-state index contributed by atoms with van der Waals surface area (Å²) in [4.78, 5) is 34.5. The van der Waals surface area contributed by atoms with Crippen LogP contribution in [0.4, 0.5) is 17.1 Å². The number of amides is 2. The van der Waals surface area contributed by atoms with E-state index in [1.807, 2.05) is 56.3 Å². The highest BCUT2D eigenvalue weighted by Gasteiger charge is 2.37. The highest BCUT2D eigenvalue weighted by Crippen LogP contribution is 2.39. The molecule has 144 valence electrons. The average molecular weight is 375 g/mol. The molecule has 2 aliphatic rings. The largest absolute Gasteiger partial charge is 0.314 e. The van der Waals surface area contributed by atoms with E-state index < -0.39 is 0 Å². The molecule has 2 amide bonds. The van der Waals surface area contributed by atoms with Crippen molar-refractivity contribution in [1.82, 2.24) is 0 Å². The predicted molar refractivity (Wildman–Crippen MR) is 113 cm³/mol. The summed E-state index contributed by atoms with van der Waals surface area (Å²) in [5.74, 6) is -0.332. The van der Waals surface area contributed by atoms with Gasteiger partial charge in [0.05, 0.1) is 17.3 Å². The van der Waals surface area contributed by atoms with Gasteiger partial charge < -0.3 is 9.80 Å². The van der Waals surface area contributed by atoms with E-state index in [0.29, 0.717) is 0 Å². The molecule has 5 heteroatoms. The maximum atomic E-state index is 13.4. The van der Waals surface area contributed by atoms with Crippen molar-refractivity contribution in [3.63, 3.8) is 0 Å². The van der Waals surface area contributed by atoms with E-state index in [4.69, 9.17) is 4.99 Å². The van der Waals surface area contributed by atoms with Crippen molar-refractivity contribution >= 4 is 34.6 Å². The van der Waals surface area contributed by atoms with E-state index in [2.05, 4.69) is 0 Å². The second kappa shape index (κ2) is 7.23. The lowest BCUT2D eigenvalue weighted by Gasteiger charge is -2.27. The SMILES string of the molecule is Cc1cc2c(cc1C)N(CC(=O)N(C)c1ccccc1)C(=O)C1CCCC1=N2. The minimum Gasteiger partial charge on any atom is -0.314 e. The van der Waals surface area contributed by atoms with Crippen LogP contribution in [-0.4, -0.2) is 31.1 Å². The van der Waals surface area contributed by atoms with Gasteiger partial charge in [-0.05, 0) is 68.5 Å². The van der Waals surface area contributed by atoms with Crippen LogP contribution in [0.15, 0.2) is 47.5 Å². The fourth-order valence-corrected chi connectivity index (χ4v) is 3.98. The van der Waals surface area contributed by atoms with Gasteiger partial charge in [0.15, 0.2) is 0 Å². The molecule has 1 atom stereocenters. The van der Waals surface area contributed by atoms with Crippen molar-refractivity contribution in [2.45, 2.75) is 33.1 Å². The van der Waals surface area contributed by atoms with E-state index in [1.54, 1.807) is 16.8 Å². The van der Waals surface area contributed by atoms with Crippen LogP contribution in [0.1, 0.15) is 30.4 Å². The lowest BCUT2D eigenvalue weighted by Crippen LogP contribution is -2.44. The third-order valence-electron chi connectivity index (χ3n) is 5.85. The van der Waals surface area contributed by atoms with Crippen LogP contribution >= 0.6 is 0 Å². The zero-order valence-electron chi connectivity index (χ0n) is 16.6. The number of rotatable bonds is 3. The summed E-state index contributed by atoms with van der Waals surface area (Å²) in [6.07, 6.45) is 2.64. The maximum Gasteiger partial charge on any atom is 0.246 e. The van der Waals surface area contributed by atoms with Gasteiger partial charge in [-0.3, -0.25) is 14.6 Å². The molecule has 2 aromatic rings. The standard InChI is InChI=1S/C23H25N3O2/c1-15-12-20-21(13-16(15)2)26(23(28)18-10-7-11-19(18)24-20)14-22(27)25(3)17-8-5-4-6-9-17/h4-6,8-9,12-13,18H,7,10-11,14H2,1-3H3. The summed E-state index contributed by atoms with van der Waals surface area (Å²) in [5, 5.41) is 0. The van der Waals surface area contributed by atoms with Crippen molar-refractivity contribution < 1.29 is 9.59 Å². The van der Waals surface area contributed by atoms with Gasteiger partial charge in [0.25, 0.3) is 0 Å². The summed E-state index contributed by atoms with van der Waals surface area (Å²) in [6.45, 7) is 4.08. The molecule has 5 nitrogen and oxygen atoms in total. The first-order chi connectivity index (χ1) is 13.5. The molecule has 0 aromatic heterocycles. The number of carbonyl (C=O) groups is 2. The van der Waals surface area contributed by atoms with E-state index in [0.717, 1.165) is 53.2 Å². The van der Waals surface area contributed by atoms with Crippen LogP contribution in [0.5, 0.6) is 0 Å². The summed E-state index contributed by atoms with van der Waals surface area (Å²) in [7, 11) is 1.75. The summed E-state index contributed by atoms with van der Waals surface area (Å²) in [6, 6.07) is 13.5. The Bertz CT molecular complexity index is 965. The van der Waals surface area contributed by atoms with E-state index in [1.165, 1.54) is 0 Å². The Balaban J connectivity index is 1.71. The first-order valence-electron chi connectivity index (χ1n) is 9.77. The van der Waals surface area contributed by atoms with Crippen molar-refractivity contribution in [3.8, 4) is 0 Å². The molecule has 1 unspecified atom stereocenters. The summed E-state index contributed by atoms with van der Waals surface area (Å²) >= 11 is 0. The molecule has 0 bridgehead atoms. The predicted octanol–water partition coefficient (Wildman–Crippen LogP) is 4.19. The Morgan fingerprint density at radius 3 is 2.64 bits per heavy atom. The lowest BCUT2D eigenvalue weighted by molar-refractivity contribution is -0.123. The van der Waals surface area contributed by atoms with Crippen LogP contribution in [0, 0.1) is 19.8 Å². The highest BCUT2D eigenvalue weighted by molar-refractivity contribution is 6.17. The number of carbonyl (C=O) groups excluding carboxylic acids is 2. The fraction of sp³-hybridized carbons (Fsp3) is 0.348. The van der Waals surface area contributed by atoms with E-state index >= 15 is 0 Å². The number of aryl methyl sites for hydroxylation is 2. The van der Waals surface area contributed by atoms with Gasteiger partial charge in [0.2, 0.25) is 11.8 Å². The molecule has 28 heavy (non-hydrogen) atoms. The molecular weight excluding hydrogens is 350 g/mol. The number of hydrogen-bond donors (Lipinski definition) is 0. The zero-order valence-corrected chi connectivity index (χ0v) is 16.6. The normalized spacial score (nSPS) is 18.2. The van der Waals surface area contributed by atoms with Crippen LogP contribution in [0.3, 0.4) is 0 Å². The first kappa shape index (κ1) is 18.4. The van der Waals surface area contributed by atoms with Gasteiger partial charge in [-0.15, -0.1) is 0 Å². The molecule has 1 fully saturated rings. The Morgan fingerprint density at radius 1 is 1.18 bits per heavy atom.